The van der Waals surface area contributed by atoms with Gasteiger partial charge in [-0.05, 0) is 43.6 Å². The zero-order valence-corrected chi connectivity index (χ0v) is 12.6. The summed E-state index contributed by atoms with van der Waals surface area (Å²) in [6, 6.07) is 7.48. The SMILES string of the molecule is OC(c1ccc(Cl)cc1)(c1nccs1)C1CCNCC1. The minimum atomic E-state index is -1.01. The number of piperidine rings is 1. The van der Waals surface area contributed by atoms with Gasteiger partial charge in [-0.2, -0.15) is 0 Å². The molecule has 1 saturated heterocycles. The minimum Gasteiger partial charge on any atom is -0.378 e. The Morgan fingerprint density at radius 1 is 1.25 bits per heavy atom. The summed E-state index contributed by atoms with van der Waals surface area (Å²) < 4.78 is 0. The fourth-order valence-electron chi connectivity index (χ4n) is 2.89. The van der Waals surface area contributed by atoms with Gasteiger partial charge in [-0.3, -0.25) is 0 Å². The normalized spacial score (nSPS) is 19.7. The molecule has 0 spiro atoms. The van der Waals surface area contributed by atoms with E-state index in [0.717, 1.165) is 36.5 Å². The summed E-state index contributed by atoms with van der Waals surface area (Å²) in [7, 11) is 0. The number of nitrogens with zero attached hydrogens (tertiary/aromatic N) is 1. The van der Waals surface area contributed by atoms with Gasteiger partial charge in [0.1, 0.15) is 10.6 Å². The van der Waals surface area contributed by atoms with E-state index < -0.39 is 5.60 Å². The highest BCUT2D eigenvalue weighted by Gasteiger charge is 2.42. The van der Waals surface area contributed by atoms with E-state index in [9.17, 15) is 5.11 Å². The molecule has 0 aliphatic carbocycles. The lowest BCUT2D eigenvalue weighted by molar-refractivity contribution is 0.00219. The number of hydrogen-bond acceptors (Lipinski definition) is 4. The van der Waals surface area contributed by atoms with Gasteiger partial charge in [-0.1, -0.05) is 23.7 Å². The Hall–Kier alpha value is -0.940. The molecule has 0 amide bonds. The number of halogens is 1. The van der Waals surface area contributed by atoms with Crippen molar-refractivity contribution in [3.63, 3.8) is 0 Å². The van der Waals surface area contributed by atoms with E-state index in [1.807, 2.05) is 29.6 Å². The average molecular weight is 309 g/mol. The Morgan fingerprint density at radius 3 is 2.55 bits per heavy atom. The van der Waals surface area contributed by atoms with Gasteiger partial charge in [-0.25, -0.2) is 4.98 Å². The lowest BCUT2D eigenvalue weighted by Gasteiger charge is -2.37. The first-order chi connectivity index (χ1) is 9.71. The summed E-state index contributed by atoms with van der Waals surface area (Å²) in [4.78, 5) is 4.38. The maximum atomic E-state index is 11.4. The molecule has 0 radical (unpaired) electrons. The second-order valence-corrected chi connectivity index (χ2v) is 6.47. The molecule has 5 heteroatoms. The highest BCUT2D eigenvalue weighted by Crippen LogP contribution is 2.42. The van der Waals surface area contributed by atoms with Crippen LogP contribution in [-0.2, 0) is 5.60 Å². The Bertz CT molecular complexity index is 552. The van der Waals surface area contributed by atoms with Crippen molar-refractivity contribution in [2.45, 2.75) is 18.4 Å². The van der Waals surface area contributed by atoms with Crippen LogP contribution in [0.25, 0.3) is 0 Å². The Morgan fingerprint density at radius 2 is 1.95 bits per heavy atom. The van der Waals surface area contributed by atoms with Crippen molar-refractivity contribution in [3.05, 3.63) is 51.4 Å². The van der Waals surface area contributed by atoms with Crippen LogP contribution in [0, 0.1) is 5.92 Å². The molecule has 1 atom stereocenters. The molecule has 2 N–H and O–H groups in total. The van der Waals surface area contributed by atoms with Gasteiger partial charge in [0.2, 0.25) is 0 Å². The smallest absolute Gasteiger partial charge is 0.144 e. The molecule has 1 aromatic heterocycles. The zero-order valence-electron chi connectivity index (χ0n) is 11.1. The average Bonchev–Trinajstić information content (AvgIpc) is 3.03. The lowest BCUT2D eigenvalue weighted by atomic mass is 9.76. The van der Waals surface area contributed by atoms with E-state index in [0.29, 0.717) is 5.02 Å². The van der Waals surface area contributed by atoms with Crippen molar-refractivity contribution >= 4 is 22.9 Å². The Kier molecular flexibility index (Phi) is 4.08. The van der Waals surface area contributed by atoms with E-state index >= 15 is 0 Å². The summed E-state index contributed by atoms with van der Waals surface area (Å²) in [5.41, 5.74) is -0.135. The maximum Gasteiger partial charge on any atom is 0.144 e. The summed E-state index contributed by atoms with van der Waals surface area (Å²) in [5.74, 6) is 0.177. The fraction of sp³-hybridized carbons (Fsp3) is 0.400. The van der Waals surface area contributed by atoms with E-state index in [1.54, 1.807) is 6.20 Å². The third-order valence-corrected chi connectivity index (χ3v) is 5.12. The molecule has 2 heterocycles. The van der Waals surface area contributed by atoms with Crippen LogP contribution in [0.3, 0.4) is 0 Å². The topological polar surface area (TPSA) is 45.2 Å². The van der Waals surface area contributed by atoms with Crippen molar-refractivity contribution in [3.8, 4) is 0 Å². The van der Waals surface area contributed by atoms with Crippen molar-refractivity contribution in [1.82, 2.24) is 10.3 Å². The number of nitrogens with one attached hydrogen (secondary N) is 1. The van der Waals surface area contributed by atoms with Crippen molar-refractivity contribution < 1.29 is 5.11 Å². The summed E-state index contributed by atoms with van der Waals surface area (Å²) >= 11 is 7.48. The van der Waals surface area contributed by atoms with Crippen LogP contribution >= 0.6 is 22.9 Å². The molecule has 1 fully saturated rings. The molecule has 0 bridgehead atoms. The monoisotopic (exact) mass is 308 g/mol. The minimum absolute atomic E-state index is 0.177. The van der Waals surface area contributed by atoms with Gasteiger partial charge in [0.15, 0.2) is 0 Å². The summed E-state index contributed by atoms with van der Waals surface area (Å²) in [6.45, 7) is 1.87. The lowest BCUT2D eigenvalue weighted by Crippen LogP contribution is -2.42. The molecule has 2 aromatic rings. The van der Waals surface area contributed by atoms with Gasteiger partial charge in [0.05, 0.1) is 0 Å². The van der Waals surface area contributed by atoms with E-state index in [1.165, 1.54) is 11.3 Å². The number of benzene rings is 1. The van der Waals surface area contributed by atoms with Crippen LogP contribution in [0.15, 0.2) is 35.8 Å². The van der Waals surface area contributed by atoms with Gasteiger partial charge in [0, 0.05) is 22.5 Å². The molecular formula is C15H17ClN2OS. The third kappa shape index (κ3) is 2.49. The summed E-state index contributed by atoms with van der Waals surface area (Å²) in [5, 5.41) is 18.1. The molecule has 0 saturated carbocycles. The number of aliphatic hydroxyl groups is 1. The predicted octanol–water partition coefficient (Wildman–Crippen LogP) is 3.03. The number of thiazole rings is 1. The van der Waals surface area contributed by atoms with Crippen LogP contribution in [0.2, 0.25) is 5.02 Å². The van der Waals surface area contributed by atoms with Crippen LogP contribution in [0.4, 0.5) is 0 Å². The van der Waals surface area contributed by atoms with Gasteiger partial charge < -0.3 is 10.4 Å². The molecule has 106 valence electrons. The molecule has 3 rings (SSSR count). The van der Waals surface area contributed by atoms with Crippen LogP contribution in [0.5, 0.6) is 0 Å². The quantitative estimate of drug-likeness (QED) is 0.916. The first-order valence-electron chi connectivity index (χ1n) is 6.80. The molecule has 20 heavy (non-hydrogen) atoms. The fourth-order valence-corrected chi connectivity index (χ4v) is 3.85. The van der Waals surface area contributed by atoms with Gasteiger partial charge in [-0.15, -0.1) is 11.3 Å². The highest BCUT2D eigenvalue weighted by molar-refractivity contribution is 7.09. The molecule has 1 aliphatic heterocycles. The van der Waals surface area contributed by atoms with E-state index in [-0.39, 0.29) is 5.92 Å². The number of hydrogen-bond donors (Lipinski definition) is 2. The summed E-state index contributed by atoms with van der Waals surface area (Å²) in [6.07, 6.45) is 3.64. The Balaban J connectivity index is 2.05. The maximum absolute atomic E-state index is 11.4. The Labute approximate surface area is 127 Å². The first kappa shape index (κ1) is 14.0. The second-order valence-electron chi connectivity index (χ2n) is 5.13. The standard InChI is InChI=1S/C15H17ClN2OS/c16-13-3-1-11(2-4-13)15(19,14-18-9-10-20-14)12-5-7-17-8-6-12/h1-4,9-10,12,17,19H,5-8H2. The largest absolute Gasteiger partial charge is 0.378 e. The number of aromatic nitrogens is 1. The molecule has 1 unspecified atom stereocenters. The van der Waals surface area contributed by atoms with Crippen LogP contribution < -0.4 is 5.32 Å². The van der Waals surface area contributed by atoms with E-state index in [4.69, 9.17) is 11.6 Å². The predicted molar refractivity (Wildman–Crippen MR) is 82.2 cm³/mol. The molecule has 1 aromatic carbocycles. The van der Waals surface area contributed by atoms with Gasteiger partial charge >= 0.3 is 0 Å². The zero-order chi connectivity index (χ0) is 14.0. The first-order valence-corrected chi connectivity index (χ1v) is 8.06. The van der Waals surface area contributed by atoms with Crippen LogP contribution in [-0.4, -0.2) is 23.2 Å². The molecular weight excluding hydrogens is 292 g/mol. The molecule has 1 aliphatic rings. The van der Waals surface area contributed by atoms with Gasteiger partial charge in [0.25, 0.3) is 0 Å². The van der Waals surface area contributed by atoms with Crippen LogP contribution in [0.1, 0.15) is 23.4 Å². The van der Waals surface area contributed by atoms with E-state index in [2.05, 4.69) is 10.3 Å². The van der Waals surface area contributed by atoms with Crippen molar-refractivity contribution in [2.24, 2.45) is 5.92 Å². The second kappa shape index (κ2) is 5.82. The molecule has 3 nitrogen and oxygen atoms in total. The van der Waals surface area contributed by atoms with Crippen molar-refractivity contribution in [2.75, 3.05) is 13.1 Å². The highest BCUT2D eigenvalue weighted by atomic mass is 35.5. The third-order valence-electron chi connectivity index (χ3n) is 3.97. The number of rotatable bonds is 3. The van der Waals surface area contributed by atoms with Crippen molar-refractivity contribution in [1.29, 1.82) is 0 Å².